The van der Waals surface area contributed by atoms with Gasteiger partial charge in [0.05, 0.1) is 28.0 Å². The average molecular weight is 584 g/mol. The van der Waals surface area contributed by atoms with E-state index in [2.05, 4.69) is 20.7 Å². The summed E-state index contributed by atoms with van der Waals surface area (Å²) in [6, 6.07) is 3.19. The minimum Gasteiger partial charge on any atom is -0.330 e. The van der Waals surface area contributed by atoms with Gasteiger partial charge in [-0.2, -0.15) is 18.3 Å². The van der Waals surface area contributed by atoms with E-state index in [1.54, 1.807) is 0 Å². The van der Waals surface area contributed by atoms with Gasteiger partial charge < -0.3 is 20.1 Å². The Kier molecular flexibility index (Phi) is 6.18. The molecule has 2 bridgehead atoms. The second-order valence-corrected chi connectivity index (χ2v) is 10.7. The number of imidazole rings is 1. The standard InChI is InChI=1S/C25H23ClF5N7O2/c1-36-18(16-11-37(19-7-24(19,27)28)35-20(16)25(29,30)31)10-33-21(36)22(39)34-12-2-5-15(17(26)6-12)23(40)38-13-3-4-14(38)9-32-8-13/h2,5-6,10-11,13-14,19,32H,3-4,7-9H2,1H3,(H,34,39). The number of amides is 2. The zero-order valence-electron chi connectivity index (χ0n) is 21.0. The van der Waals surface area contributed by atoms with Gasteiger partial charge in [-0.3, -0.25) is 14.3 Å². The summed E-state index contributed by atoms with van der Waals surface area (Å²) >= 11 is 6.41. The maximum Gasteiger partial charge on any atom is 0.435 e. The number of benzene rings is 1. The van der Waals surface area contributed by atoms with Crippen molar-refractivity contribution in [2.75, 3.05) is 18.4 Å². The number of aromatic nitrogens is 4. The number of nitrogens with zero attached hydrogens (tertiary/aromatic N) is 5. The van der Waals surface area contributed by atoms with E-state index < -0.39 is 41.7 Å². The van der Waals surface area contributed by atoms with E-state index in [0.29, 0.717) is 10.2 Å². The molecule has 2 saturated heterocycles. The van der Waals surface area contributed by atoms with Crippen molar-refractivity contribution in [1.29, 1.82) is 0 Å². The third kappa shape index (κ3) is 4.52. The van der Waals surface area contributed by atoms with Crippen LogP contribution in [-0.2, 0) is 13.2 Å². The zero-order chi connectivity index (χ0) is 28.6. The first-order valence-electron chi connectivity index (χ1n) is 12.6. The van der Waals surface area contributed by atoms with Crippen LogP contribution in [0.1, 0.15) is 52.0 Å². The molecule has 0 spiro atoms. The van der Waals surface area contributed by atoms with E-state index in [4.69, 9.17) is 11.6 Å². The number of nitrogens with one attached hydrogen (secondary N) is 2. The molecule has 212 valence electrons. The van der Waals surface area contributed by atoms with Gasteiger partial charge in [-0.15, -0.1) is 0 Å². The van der Waals surface area contributed by atoms with Crippen molar-refractivity contribution < 1.29 is 31.5 Å². The first-order chi connectivity index (χ1) is 18.8. The molecule has 3 aliphatic rings. The number of carbonyl (C=O) groups is 2. The molecule has 2 amide bonds. The Morgan fingerprint density at radius 1 is 1.18 bits per heavy atom. The lowest BCUT2D eigenvalue weighted by Crippen LogP contribution is -2.54. The van der Waals surface area contributed by atoms with Gasteiger partial charge >= 0.3 is 6.18 Å². The molecule has 0 radical (unpaired) electrons. The molecule has 3 fully saturated rings. The molecule has 1 aromatic carbocycles. The van der Waals surface area contributed by atoms with E-state index >= 15 is 0 Å². The van der Waals surface area contributed by atoms with Gasteiger partial charge in [0.25, 0.3) is 17.7 Å². The molecule has 1 aliphatic carbocycles. The maximum absolute atomic E-state index is 13.7. The summed E-state index contributed by atoms with van der Waals surface area (Å²) in [5, 5.41) is 9.41. The third-order valence-corrected chi connectivity index (χ3v) is 7.96. The number of fused-ring (bicyclic) bond motifs is 2. The molecule has 3 unspecified atom stereocenters. The number of halogens is 6. The highest BCUT2D eigenvalue weighted by molar-refractivity contribution is 6.34. The lowest BCUT2D eigenvalue weighted by molar-refractivity contribution is -0.141. The van der Waals surface area contributed by atoms with E-state index in [1.807, 2.05) is 4.90 Å². The Labute approximate surface area is 229 Å². The average Bonchev–Trinajstić information content (AvgIpc) is 3.19. The summed E-state index contributed by atoms with van der Waals surface area (Å²) in [4.78, 5) is 32.0. The lowest BCUT2D eigenvalue weighted by Gasteiger charge is -2.35. The monoisotopic (exact) mass is 583 g/mol. The summed E-state index contributed by atoms with van der Waals surface area (Å²) < 4.78 is 69.8. The van der Waals surface area contributed by atoms with Crippen LogP contribution in [0.15, 0.2) is 30.6 Å². The van der Waals surface area contributed by atoms with Gasteiger partial charge in [0.1, 0.15) is 6.04 Å². The second-order valence-electron chi connectivity index (χ2n) is 10.3. The Morgan fingerprint density at radius 3 is 2.45 bits per heavy atom. The van der Waals surface area contributed by atoms with E-state index in [0.717, 1.165) is 42.9 Å². The molecule has 2 aromatic heterocycles. The van der Waals surface area contributed by atoms with Crippen molar-refractivity contribution in [3.63, 3.8) is 0 Å². The summed E-state index contributed by atoms with van der Waals surface area (Å²) in [7, 11) is 1.33. The normalized spacial score (nSPS) is 23.4. The molecule has 3 atom stereocenters. The Balaban J connectivity index is 1.22. The first-order valence-corrected chi connectivity index (χ1v) is 12.9. The lowest BCUT2D eigenvalue weighted by atomic mass is 10.1. The SMILES string of the molecule is Cn1c(-c2cn(C3CC3(F)F)nc2C(F)(F)F)cnc1C(=O)Nc1ccc(C(=O)N2C3CCC2CNC3)c(Cl)c1. The van der Waals surface area contributed by atoms with Crippen LogP contribution in [0.5, 0.6) is 0 Å². The fourth-order valence-corrected chi connectivity index (χ4v) is 5.77. The molecule has 6 rings (SSSR count). The molecule has 40 heavy (non-hydrogen) atoms. The number of carbonyl (C=O) groups excluding carboxylic acids is 2. The van der Waals surface area contributed by atoms with Gasteiger partial charge in [-0.05, 0) is 31.0 Å². The van der Waals surface area contributed by atoms with Gasteiger partial charge in [0, 0.05) is 50.5 Å². The predicted molar refractivity (Wildman–Crippen MR) is 133 cm³/mol. The number of alkyl halides is 5. The van der Waals surface area contributed by atoms with Crippen molar-refractivity contribution >= 4 is 29.1 Å². The van der Waals surface area contributed by atoms with Gasteiger partial charge in [-0.1, -0.05) is 11.6 Å². The fourth-order valence-electron chi connectivity index (χ4n) is 5.51. The van der Waals surface area contributed by atoms with Crippen molar-refractivity contribution in [1.82, 2.24) is 29.5 Å². The van der Waals surface area contributed by atoms with Crippen LogP contribution < -0.4 is 10.6 Å². The van der Waals surface area contributed by atoms with Crippen LogP contribution in [0.4, 0.5) is 27.6 Å². The quantitative estimate of drug-likeness (QED) is 0.435. The van der Waals surface area contributed by atoms with Crippen LogP contribution in [0, 0.1) is 0 Å². The summed E-state index contributed by atoms with van der Waals surface area (Å²) in [6.07, 6.45) is -1.75. The molecule has 1 saturated carbocycles. The fraction of sp³-hybridized carbons (Fsp3) is 0.440. The van der Waals surface area contributed by atoms with Crippen LogP contribution in [-0.4, -0.2) is 67.1 Å². The highest BCUT2D eigenvalue weighted by atomic mass is 35.5. The van der Waals surface area contributed by atoms with Crippen molar-refractivity contribution in [3.8, 4) is 11.3 Å². The van der Waals surface area contributed by atoms with Crippen molar-refractivity contribution in [3.05, 3.63) is 52.7 Å². The summed E-state index contributed by atoms with van der Waals surface area (Å²) in [6.45, 7) is 1.44. The van der Waals surface area contributed by atoms with E-state index in [1.165, 1.54) is 25.2 Å². The Bertz CT molecular complexity index is 1500. The minimum absolute atomic E-state index is 0.102. The van der Waals surface area contributed by atoms with Gasteiger partial charge in [-0.25, -0.2) is 13.8 Å². The zero-order valence-corrected chi connectivity index (χ0v) is 21.7. The molecule has 2 aliphatic heterocycles. The third-order valence-electron chi connectivity index (χ3n) is 7.65. The minimum atomic E-state index is -4.92. The van der Waals surface area contributed by atoms with Gasteiger partial charge in [0.2, 0.25) is 0 Å². The van der Waals surface area contributed by atoms with Gasteiger partial charge in [0.15, 0.2) is 11.5 Å². The van der Waals surface area contributed by atoms with Crippen LogP contribution >= 0.6 is 11.6 Å². The molecule has 3 aromatic rings. The Hall–Kier alpha value is -3.52. The van der Waals surface area contributed by atoms with Crippen molar-refractivity contribution in [2.24, 2.45) is 7.05 Å². The van der Waals surface area contributed by atoms with Crippen LogP contribution in [0.25, 0.3) is 11.3 Å². The molecule has 2 N–H and O–H groups in total. The molecular formula is C25H23ClF5N7O2. The van der Waals surface area contributed by atoms with Crippen LogP contribution in [0.3, 0.4) is 0 Å². The molecule has 9 nitrogen and oxygen atoms in total. The largest absolute Gasteiger partial charge is 0.435 e. The topological polar surface area (TPSA) is 97.1 Å². The summed E-state index contributed by atoms with van der Waals surface area (Å²) in [5.74, 6) is -4.30. The number of piperazine rings is 1. The highest BCUT2D eigenvalue weighted by Gasteiger charge is 2.59. The number of rotatable bonds is 5. The molecular weight excluding hydrogens is 561 g/mol. The predicted octanol–water partition coefficient (Wildman–Crippen LogP) is 4.36. The number of hydrogen-bond acceptors (Lipinski definition) is 5. The first kappa shape index (κ1) is 26.7. The van der Waals surface area contributed by atoms with Crippen molar-refractivity contribution in [2.45, 2.75) is 49.5 Å². The Morgan fingerprint density at radius 2 is 1.85 bits per heavy atom. The smallest absolute Gasteiger partial charge is 0.330 e. The maximum atomic E-state index is 13.7. The number of anilines is 1. The van der Waals surface area contributed by atoms with Crippen LogP contribution in [0.2, 0.25) is 5.02 Å². The number of hydrogen-bond donors (Lipinski definition) is 2. The molecule has 15 heteroatoms. The summed E-state index contributed by atoms with van der Waals surface area (Å²) in [5.41, 5.74) is -1.40. The highest BCUT2D eigenvalue weighted by Crippen LogP contribution is 2.53. The van der Waals surface area contributed by atoms with E-state index in [9.17, 15) is 31.5 Å². The second kappa shape index (κ2) is 9.26. The molecule has 4 heterocycles. The van der Waals surface area contributed by atoms with E-state index in [-0.39, 0.29) is 40.2 Å².